The topological polar surface area (TPSA) is 49.4 Å². The number of piperidine rings is 1. The third kappa shape index (κ3) is 2.19. The van der Waals surface area contributed by atoms with Gasteiger partial charge in [0.1, 0.15) is 0 Å². The summed E-state index contributed by atoms with van der Waals surface area (Å²) in [7, 11) is -2.98. The van der Waals surface area contributed by atoms with Crippen LogP contribution in [0.2, 0.25) is 0 Å². The van der Waals surface area contributed by atoms with Crippen LogP contribution in [-0.2, 0) is 10.0 Å². The Hall–Kier alpha value is -0.130. The van der Waals surface area contributed by atoms with Crippen LogP contribution in [0, 0.1) is 5.41 Å². The quantitative estimate of drug-likeness (QED) is 0.767. The van der Waals surface area contributed by atoms with Gasteiger partial charge < -0.3 is 5.32 Å². The van der Waals surface area contributed by atoms with E-state index in [4.69, 9.17) is 0 Å². The Morgan fingerprint density at radius 1 is 1.40 bits per heavy atom. The van der Waals surface area contributed by atoms with Gasteiger partial charge in [-0.25, -0.2) is 12.7 Å². The van der Waals surface area contributed by atoms with E-state index < -0.39 is 10.0 Å². The zero-order chi connectivity index (χ0) is 10.9. The summed E-state index contributed by atoms with van der Waals surface area (Å²) in [5.74, 6) is 0.302. The van der Waals surface area contributed by atoms with E-state index in [2.05, 4.69) is 5.32 Å². The smallest absolute Gasteiger partial charge is 0.214 e. The van der Waals surface area contributed by atoms with Crippen molar-refractivity contribution in [2.75, 3.05) is 31.9 Å². The molecule has 5 heteroatoms. The predicted molar refractivity (Wildman–Crippen MR) is 60.2 cm³/mol. The largest absolute Gasteiger partial charge is 0.315 e. The molecule has 4 nitrogen and oxygen atoms in total. The fraction of sp³-hybridized carbons (Fsp3) is 1.00. The molecule has 1 spiro atoms. The highest BCUT2D eigenvalue weighted by Crippen LogP contribution is 2.34. The van der Waals surface area contributed by atoms with Gasteiger partial charge >= 0.3 is 0 Å². The molecule has 2 aliphatic rings. The van der Waals surface area contributed by atoms with Gasteiger partial charge in [0, 0.05) is 31.6 Å². The molecular weight excluding hydrogens is 212 g/mol. The fourth-order valence-electron chi connectivity index (χ4n) is 2.55. The molecule has 2 aliphatic heterocycles. The molecule has 1 N–H and O–H groups in total. The summed E-state index contributed by atoms with van der Waals surface area (Å²) in [6.45, 7) is 5.37. The summed E-state index contributed by atoms with van der Waals surface area (Å²) in [6, 6.07) is 0. The van der Waals surface area contributed by atoms with E-state index in [1.54, 1.807) is 4.31 Å². The van der Waals surface area contributed by atoms with E-state index in [0.29, 0.717) is 12.2 Å². The van der Waals surface area contributed by atoms with Crippen molar-refractivity contribution in [3.8, 4) is 0 Å². The summed E-state index contributed by atoms with van der Waals surface area (Å²) in [6.07, 6.45) is 2.91. The van der Waals surface area contributed by atoms with Crippen LogP contribution in [0.5, 0.6) is 0 Å². The van der Waals surface area contributed by atoms with Crippen LogP contribution >= 0.6 is 0 Å². The Balaban J connectivity index is 2.04. The van der Waals surface area contributed by atoms with Crippen molar-refractivity contribution >= 4 is 10.0 Å². The van der Waals surface area contributed by atoms with Crippen molar-refractivity contribution in [1.82, 2.24) is 9.62 Å². The molecule has 0 aliphatic carbocycles. The summed E-state index contributed by atoms with van der Waals surface area (Å²) in [5, 5.41) is 3.25. The Kier molecular flexibility index (Phi) is 3.05. The molecular formula is C10H20N2O2S. The van der Waals surface area contributed by atoms with E-state index in [0.717, 1.165) is 32.6 Å². The van der Waals surface area contributed by atoms with Gasteiger partial charge in [0.15, 0.2) is 0 Å². The van der Waals surface area contributed by atoms with Crippen molar-refractivity contribution < 1.29 is 8.42 Å². The molecule has 2 rings (SSSR count). The molecule has 2 saturated heterocycles. The third-order valence-electron chi connectivity index (χ3n) is 3.48. The van der Waals surface area contributed by atoms with Gasteiger partial charge in [-0.2, -0.15) is 0 Å². The number of rotatable bonds is 3. The minimum atomic E-state index is -2.98. The second kappa shape index (κ2) is 4.03. The lowest BCUT2D eigenvalue weighted by Crippen LogP contribution is -2.61. The number of hydrogen-bond acceptors (Lipinski definition) is 3. The molecule has 0 aromatic carbocycles. The molecule has 2 fully saturated rings. The van der Waals surface area contributed by atoms with Gasteiger partial charge in [0.2, 0.25) is 10.0 Å². The molecule has 0 aromatic rings. The minimum Gasteiger partial charge on any atom is -0.315 e. The zero-order valence-electron chi connectivity index (χ0n) is 9.33. The third-order valence-corrected chi connectivity index (χ3v) is 5.50. The normalized spacial score (nSPS) is 26.5. The Morgan fingerprint density at radius 2 is 2.13 bits per heavy atom. The van der Waals surface area contributed by atoms with Gasteiger partial charge in [0.05, 0.1) is 5.75 Å². The molecule has 0 bridgehead atoms. The first-order chi connectivity index (χ1) is 7.08. The molecule has 88 valence electrons. The number of hydrogen-bond donors (Lipinski definition) is 1. The first-order valence-corrected chi connectivity index (χ1v) is 7.37. The van der Waals surface area contributed by atoms with Crippen LogP contribution in [-0.4, -0.2) is 44.7 Å². The molecule has 0 atom stereocenters. The van der Waals surface area contributed by atoms with Gasteiger partial charge in [-0.1, -0.05) is 6.92 Å². The van der Waals surface area contributed by atoms with Crippen LogP contribution in [0.15, 0.2) is 0 Å². The summed E-state index contributed by atoms with van der Waals surface area (Å²) >= 11 is 0. The van der Waals surface area contributed by atoms with Crippen LogP contribution in [0.4, 0.5) is 0 Å². The number of nitrogens with one attached hydrogen (secondary N) is 1. The van der Waals surface area contributed by atoms with Crippen molar-refractivity contribution in [2.45, 2.75) is 26.2 Å². The van der Waals surface area contributed by atoms with E-state index in [-0.39, 0.29) is 5.41 Å². The van der Waals surface area contributed by atoms with Gasteiger partial charge in [-0.05, 0) is 19.3 Å². The lowest BCUT2D eigenvalue weighted by molar-refractivity contribution is 0.0816. The van der Waals surface area contributed by atoms with Crippen LogP contribution < -0.4 is 5.32 Å². The number of nitrogens with zero attached hydrogens (tertiary/aromatic N) is 1. The van der Waals surface area contributed by atoms with E-state index in [1.807, 2.05) is 6.92 Å². The average Bonchev–Trinajstić information content (AvgIpc) is 2.16. The minimum absolute atomic E-state index is 0.263. The lowest BCUT2D eigenvalue weighted by Gasteiger charge is -2.48. The fourth-order valence-corrected chi connectivity index (χ4v) is 4.21. The SMILES string of the molecule is CCCS(=O)(=O)N1CCCC2(CNC2)C1. The molecule has 0 unspecified atom stereocenters. The van der Waals surface area contributed by atoms with Gasteiger partial charge in [0.25, 0.3) is 0 Å². The van der Waals surface area contributed by atoms with Crippen molar-refractivity contribution in [3.63, 3.8) is 0 Å². The molecule has 0 radical (unpaired) electrons. The highest BCUT2D eigenvalue weighted by molar-refractivity contribution is 7.89. The Bertz CT molecular complexity index is 322. The maximum atomic E-state index is 11.9. The first kappa shape index (κ1) is 11.4. The molecule has 0 saturated carbocycles. The monoisotopic (exact) mass is 232 g/mol. The summed E-state index contributed by atoms with van der Waals surface area (Å²) < 4.78 is 25.5. The predicted octanol–water partition coefficient (Wildman–Crippen LogP) is 0.412. The first-order valence-electron chi connectivity index (χ1n) is 5.77. The van der Waals surface area contributed by atoms with E-state index in [1.165, 1.54) is 6.42 Å². The van der Waals surface area contributed by atoms with E-state index in [9.17, 15) is 8.42 Å². The maximum absolute atomic E-state index is 11.9. The second-order valence-corrected chi connectivity index (χ2v) is 6.95. The number of sulfonamides is 1. The van der Waals surface area contributed by atoms with Crippen LogP contribution in [0.25, 0.3) is 0 Å². The Morgan fingerprint density at radius 3 is 2.67 bits per heavy atom. The second-order valence-electron chi connectivity index (χ2n) is 4.86. The van der Waals surface area contributed by atoms with Crippen LogP contribution in [0.1, 0.15) is 26.2 Å². The van der Waals surface area contributed by atoms with Crippen molar-refractivity contribution in [1.29, 1.82) is 0 Å². The average molecular weight is 232 g/mol. The highest BCUT2D eigenvalue weighted by Gasteiger charge is 2.43. The van der Waals surface area contributed by atoms with E-state index >= 15 is 0 Å². The highest BCUT2D eigenvalue weighted by atomic mass is 32.2. The standard InChI is InChI=1S/C10H20N2O2S/c1-2-6-15(13,14)12-5-3-4-10(9-12)7-11-8-10/h11H,2-9H2,1H3. The van der Waals surface area contributed by atoms with Crippen LogP contribution in [0.3, 0.4) is 0 Å². The summed E-state index contributed by atoms with van der Waals surface area (Å²) in [5.41, 5.74) is 0.263. The Labute approximate surface area is 92.1 Å². The maximum Gasteiger partial charge on any atom is 0.214 e. The van der Waals surface area contributed by atoms with Crippen molar-refractivity contribution in [2.24, 2.45) is 5.41 Å². The summed E-state index contributed by atoms with van der Waals surface area (Å²) in [4.78, 5) is 0. The molecule has 15 heavy (non-hydrogen) atoms. The molecule has 2 heterocycles. The van der Waals surface area contributed by atoms with Gasteiger partial charge in [-0.3, -0.25) is 0 Å². The van der Waals surface area contributed by atoms with Crippen molar-refractivity contribution in [3.05, 3.63) is 0 Å². The lowest BCUT2D eigenvalue weighted by atomic mass is 9.76. The zero-order valence-corrected chi connectivity index (χ0v) is 10.1. The molecule has 0 aromatic heterocycles. The van der Waals surface area contributed by atoms with Gasteiger partial charge in [-0.15, -0.1) is 0 Å². The molecule has 0 amide bonds.